The average molecular weight is 483 g/mol. The van der Waals surface area contributed by atoms with Crippen LogP contribution in [0.2, 0.25) is 0 Å². The fraction of sp³-hybridized carbons (Fsp3) is 0.241. The van der Waals surface area contributed by atoms with Gasteiger partial charge in [-0.3, -0.25) is 9.69 Å². The summed E-state index contributed by atoms with van der Waals surface area (Å²) in [6.07, 6.45) is 0.271. The second-order valence-electron chi connectivity index (χ2n) is 9.03. The van der Waals surface area contributed by atoms with Gasteiger partial charge in [-0.15, -0.1) is 11.3 Å². The largest absolute Gasteiger partial charge is 0.369 e. The van der Waals surface area contributed by atoms with Gasteiger partial charge < -0.3 is 10.2 Å². The van der Waals surface area contributed by atoms with Gasteiger partial charge in [0, 0.05) is 55.0 Å². The van der Waals surface area contributed by atoms with Crippen LogP contribution in [0, 0.1) is 6.92 Å². The predicted molar refractivity (Wildman–Crippen MR) is 145 cm³/mol. The molecule has 4 aromatic rings. The van der Waals surface area contributed by atoms with Crippen molar-refractivity contribution < 1.29 is 4.79 Å². The molecule has 0 radical (unpaired) electrons. The van der Waals surface area contributed by atoms with Crippen molar-refractivity contribution in [2.24, 2.45) is 0 Å². The Morgan fingerprint density at radius 3 is 2.34 bits per heavy atom. The fourth-order valence-electron chi connectivity index (χ4n) is 4.35. The number of nitrogens with one attached hydrogen (secondary N) is 1. The van der Waals surface area contributed by atoms with E-state index in [0.717, 1.165) is 54.7 Å². The third-order valence-corrected chi connectivity index (χ3v) is 7.27. The van der Waals surface area contributed by atoms with Gasteiger partial charge in [-0.1, -0.05) is 60.2 Å². The van der Waals surface area contributed by atoms with E-state index in [9.17, 15) is 4.79 Å². The minimum atomic E-state index is -0.0481. The molecule has 1 saturated heterocycles. The number of anilines is 2. The number of hydrogen-bond acceptors (Lipinski definition) is 5. The molecular formula is C29H30N4OS. The minimum Gasteiger partial charge on any atom is -0.369 e. The SMILES string of the molecule is Cc1ccc(-c2nc(CC(=O)Nc3ccc(N4CCN(Cc5ccccc5)CC4)cc3)cs2)cc1. The number of nitrogens with zero attached hydrogens (tertiary/aromatic N) is 3. The summed E-state index contributed by atoms with van der Waals surface area (Å²) < 4.78 is 0. The number of aryl methyl sites for hydroxylation is 1. The molecule has 35 heavy (non-hydrogen) atoms. The fourth-order valence-corrected chi connectivity index (χ4v) is 5.17. The maximum atomic E-state index is 12.6. The third-order valence-electron chi connectivity index (χ3n) is 6.33. The molecule has 1 aliphatic heterocycles. The Balaban J connectivity index is 1.11. The number of amides is 1. The van der Waals surface area contributed by atoms with Crippen molar-refractivity contribution in [1.82, 2.24) is 9.88 Å². The number of benzene rings is 3. The number of rotatable bonds is 7. The normalized spacial score (nSPS) is 14.1. The Hall–Kier alpha value is -3.48. The van der Waals surface area contributed by atoms with E-state index in [1.165, 1.54) is 16.8 Å². The van der Waals surface area contributed by atoms with Gasteiger partial charge in [-0.25, -0.2) is 4.98 Å². The van der Waals surface area contributed by atoms with Crippen LogP contribution in [0.4, 0.5) is 11.4 Å². The summed E-state index contributed by atoms with van der Waals surface area (Å²) >= 11 is 1.57. The zero-order valence-corrected chi connectivity index (χ0v) is 20.8. The van der Waals surface area contributed by atoms with E-state index >= 15 is 0 Å². The topological polar surface area (TPSA) is 48.5 Å². The van der Waals surface area contributed by atoms with E-state index < -0.39 is 0 Å². The molecular weight excluding hydrogens is 452 g/mol. The van der Waals surface area contributed by atoms with E-state index in [4.69, 9.17) is 0 Å². The van der Waals surface area contributed by atoms with Gasteiger partial charge in [-0.05, 0) is 36.8 Å². The second-order valence-corrected chi connectivity index (χ2v) is 9.89. The quantitative estimate of drug-likeness (QED) is 0.371. The van der Waals surface area contributed by atoms with Crippen molar-refractivity contribution in [3.05, 3.63) is 101 Å². The first kappa shape index (κ1) is 23.3. The number of thiazole rings is 1. The van der Waals surface area contributed by atoms with Gasteiger partial charge in [0.05, 0.1) is 12.1 Å². The molecule has 5 nitrogen and oxygen atoms in total. The highest BCUT2D eigenvalue weighted by Gasteiger charge is 2.17. The lowest BCUT2D eigenvalue weighted by Crippen LogP contribution is -2.45. The lowest BCUT2D eigenvalue weighted by molar-refractivity contribution is -0.115. The molecule has 0 spiro atoms. The van der Waals surface area contributed by atoms with Crippen molar-refractivity contribution >= 4 is 28.6 Å². The Morgan fingerprint density at radius 2 is 1.63 bits per heavy atom. The van der Waals surface area contributed by atoms with E-state index in [1.54, 1.807) is 11.3 Å². The van der Waals surface area contributed by atoms with Crippen molar-refractivity contribution in [2.75, 3.05) is 36.4 Å². The zero-order chi connectivity index (χ0) is 24.0. The molecule has 1 fully saturated rings. The molecule has 1 amide bonds. The van der Waals surface area contributed by atoms with Gasteiger partial charge in [0.25, 0.3) is 0 Å². The van der Waals surface area contributed by atoms with Gasteiger partial charge in [0.15, 0.2) is 0 Å². The summed E-state index contributed by atoms with van der Waals surface area (Å²) in [5.41, 5.74) is 6.49. The number of aromatic nitrogens is 1. The average Bonchev–Trinajstić information content (AvgIpc) is 3.34. The standard InChI is InChI=1S/C29H30N4OS/c1-22-7-9-24(10-8-22)29-31-26(21-35-29)19-28(34)30-25-11-13-27(14-12-25)33-17-15-32(16-18-33)20-23-5-3-2-4-6-23/h2-14,21H,15-20H2,1H3,(H,30,34). The molecule has 0 bridgehead atoms. The molecule has 1 aromatic heterocycles. The van der Waals surface area contributed by atoms with Crippen molar-refractivity contribution in [1.29, 1.82) is 0 Å². The van der Waals surface area contributed by atoms with E-state index in [-0.39, 0.29) is 12.3 Å². The van der Waals surface area contributed by atoms with Crippen LogP contribution in [-0.2, 0) is 17.8 Å². The van der Waals surface area contributed by atoms with Crippen LogP contribution < -0.4 is 10.2 Å². The lowest BCUT2D eigenvalue weighted by Gasteiger charge is -2.36. The summed E-state index contributed by atoms with van der Waals surface area (Å²) in [6.45, 7) is 7.18. The highest BCUT2D eigenvalue weighted by atomic mass is 32.1. The molecule has 0 saturated carbocycles. The summed E-state index contributed by atoms with van der Waals surface area (Å²) in [7, 11) is 0. The highest BCUT2D eigenvalue weighted by Crippen LogP contribution is 2.25. The second kappa shape index (κ2) is 10.8. The van der Waals surface area contributed by atoms with Crippen LogP contribution in [0.25, 0.3) is 10.6 Å². The van der Waals surface area contributed by atoms with E-state index in [1.807, 2.05) is 17.5 Å². The molecule has 5 rings (SSSR count). The van der Waals surface area contributed by atoms with Crippen molar-refractivity contribution in [3.63, 3.8) is 0 Å². The first-order valence-electron chi connectivity index (χ1n) is 12.0. The molecule has 0 atom stereocenters. The first-order chi connectivity index (χ1) is 17.1. The summed E-state index contributed by atoms with van der Waals surface area (Å²) in [5.74, 6) is -0.0481. The van der Waals surface area contributed by atoms with Gasteiger partial charge in [0.2, 0.25) is 5.91 Å². The monoisotopic (exact) mass is 482 g/mol. The van der Waals surface area contributed by atoms with Crippen LogP contribution in [-0.4, -0.2) is 42.0 Å². The molecule has 1 N–H and O–H groups in total. The number of hydrogen-bond donors (Lipinski definition) is 1. The van der Waals surface area contributed by atoms with Crippen LogP contribution >= 0.6 is 11.3 Å². The van der Waals surface area contributed by atoms with Crippen LogP contribution in [0.3, 0.4) is 0 Å². The van der Waals surface area contributed by atoms with Gasteiger partial charge in [0.1, 0.15) is 5.01 Å². The maximum absolute atomic E-state index is 12.6. The number of carbonyl (C=O) groups is 1. The molecule has 3 aromatic carbocycles. The molecule has 6 heteroatoms. The van der Waals surface area contributed by atoms with E-state index in [2.05, 4.69) is 93.8 Å². The number of piperazine rings is 1. The molecule has 178 valence electrons. The van der Waals surface area contributed by atoms with Crippen LogP contribution in [0.15, 0.2) is 84.2 Å². The van der Waals surface area contributed by atoms with Gasteiger partial charge >= 0.3 is 0 Å². The summed E-state index contributed by atoms with van der Waals surface area (Å²) in [6, 6.07) is 27.1. The molecule has 0 unspecified atom stereocenters. The van der Waals surface area contributed by atoms with Crippen LogP contribution in [0.5, 0.6) is 0 Å². The predicted octanol–water partition coefficient (Wildman–Crippen LogP) is 5.62. The van der Waals surface area contributed by atoms with E-state index in [0.29, 0.717) is 0 Å². The number of carbonyl (C=O) groups excluding carboxylic acids is 1. The first-order valence-corrected chi connectivity index (χ1v) is 12.9. The smallest absolute Gasteiger partial charge is 0.230 e. The van der Waals surface area contributed by atoms with Gasteiger partial charge in [-0.2, -0.15) is 0 Å². The minimum absolute atomic E-state index is 0.0481. The van der Waals surface area contributed by atoms with Crippen molar-refractivity contribution in [2.45, 2.75) is 19.9 Å². The Kier molecular flexibility index (Phi) is 7.21. The molecule has 2 heterocycles. The Bertz CT molecular complexity index is 1240. The van der Waals surface area contributed by atoms with Crippen LogP contribution in [0.1, 0.15) is 16.8 Å². The third kappa shape index (κ3) is 6.15. The molecule has 1 aliphatic rings. The Morgan fingerprint density at radius 1 is 0.914 bits per heavy atom. The lowest BCUT2D eigenvalue weighted by atomic mass is 10.2. The van der Waals surface area contributed by atoms with Crippen molar-refractivity contribution in [3.8, 4) is 10.6 Å². The highest BCUT2D eigenvalue weighted by molar-refractivity contribution is 7.13. The zero-order valence-electron chi connectivity index (χ0n) is 20.0. The molecule has 0 aliphatic carbocycles. The summed E-state index contributed by atoms with van der Waals surface area (Å²) in [4.78, 5) is 22.1. The summed E-state index contributed by atoms with van der Waals surface area (Å²) in [5, 5.41) is 5.92. The maximum Gasteiger partial charge on any atom is 0.230 e. The Labute approximate surface area is 211 Å².